The van der Waals surface area contributed by atoms with Gasteiger partial charge in [-0.15, -0.1) is 11.3 Å². The van der Waals surface area contributed by atoms with Crippen molar-refractivity contribution in [3.8, 4) is 5.75 Å². The zero-order valence-electron chi connectivity index (χ0n) is 16.7. The van der Waals surface area contributed by atoms with Crippen LogP contribution in [-0.2, 0) is 4.79 Å². The van der Waals surface area contributed by atoms with Crippen LogP contribution in [0.5, 0.6) is 5.75 Å². The number of nitrogens with zero attached hydrogens (tertiary/aromatic N) is 1. The summed E-state index contributed by atoms with van der Waals surface area (Å²) in [5.41, 5.74) is 1.91. The molecule has 2 heterocycles. The summed E-state index contributed by atoms with van der Waals surface area (Å²) in [6.45, 7) is 6.69. The second kappa shape index (κ2) is 10.3. The van der Waals surface area contributed by atoms with Crippen molar-refractivity contribution in [1.29, 1.82) is 0 Å². The number of halogens is 1. The molecule has 0 aliphatic carbocycles. The Labute approximate surface area is 176 Å². The number of ether oxygens (including phenoxy) is 1. The van der Waals surface area contributed by atoms with Crippen LogP contribution >= 0.6 is 22.9 Å². The largest absolute Gasteiger partial charge is 0.484 e. The second-order valence-corrected chi connectivity index (χ2v) is 8.80. The van der Waals surface area contributed by atoms with Gasteiger partial charge in [-0.05, 0) is 74.5 Å². The highest BCUT2D eigenvalue weighted by atomic mass is 35.5. The molecule has 28 heavy (non-hydrogen) atoms. The number of hydrogen-bond donors (Lipinski definition) is 1. The van der Waals surface area contributed by atoms with E-state index in [0.717, 1.165) is 29.2 Å². The molecule has 0 bridgehead atoms. The predicted octanol–water partition coefficient (Wildman–Crippen LogP) is 5.13. The number of aryl methyl sites for hydroxylation is 2. The fraction of sp³-hybridized carbons (Fsp3) is 0.500. The number of amides is 1. The topological polar surface area (TPSA) is 41.6 Å². The van der Waals surface area contributed by atoms with Crippen molar-refractivity contribution >= 4 is 28.8 Å². The van der Waals surface area contributed by atoms with E-state index in [4.69, 9.17) is 16.3 Å². The quantitative estimate of drug-likeness (QED) is 0.675. The third-order valence-corrected chi connectivity index (χ3v) is 6.80. The molecular formula is C22H29ClN2O2S. The van der Waals surface area contributed by atoms with Crippen LogP contribution in [0, 0.1) is 13.8 Å². The molecule has 1 aliphatic heterocycles. The van der Waals surface area contributed by atoms with Crippen molar-refractivity contribution in [2.24, 2.45) is 0 Å². The molecule has 152 valence electrons. The Balaban J connectivity index is 1.56. The zero-order valence-corrected chi connectivity index (χ0v) is 18.2. The SMILES string of the molecule is Cc1cc(OCC(=O)NC[C@H](c2cccs2)N2CCCCCC2)cc(C)c1Cl. The van der Waals surface area contributed by atoms with Gasteiger partial charge in [0.2, 0.25) is 0 Å². The maximum atomic E-state index is 12.4. The first-order valence-corrected chi connectivity index (χ1v) is 11.2. The van der Waals surface area contributed by atoms with E-state index < -0.39 is 0 Å². The standard InChI is InChI=1S/C22H29ClN2O2S/c1-16-12-18(13-17(2)22(16)23)27-15-21(26)24-14-19(20-8-7-11-28-20)25-9-5-3-4-6-10-25/h7-8,11-13,19H,3-6,9-10,14-15H2,1-2H3,(H,24,26)/t19-/m1/s1. The average Bonchev–Trinajstić information content (AvgIpc) is 3.07. The maximum Gasteiger partial charge on any atom is 0.258 e. The van der Waals surface area contributed by atoms with E-state index in [1.807, 2.05) is 26.0 Å². The molecule has 1 aromatic heterocycles. The van der Waals surface area contributed by atoms with Crippen LogP contribution < -0.4 is 10.1 Å². The third-order valence-electron chi connectivity index (χ3n) is 5.23. The number of carbonyl (C=O) groups is 1. The predicted molar refractivity (Wildman–Crippen MR) is 117 cm³/mol. The molecule has 4 nitrogen and oxygen atoms in total. The molecule has 0 saturated carbocycles. The van der Waals surface area contributed by atoms with Gasteiger partial charge in [-0.2, -0.15) is 0 Å². The lowest BCUT2D eigenvalue weighted by Crippen LogP contribution is -2.39. The van der Waals surface area contributed by atoms with Gasteiger partial charge in [0.1, 0.15) is 5.75 Å². The number of hydrogen-bond acceptors (Lipinski definition) is 4. The van der Waals surface area contributed by atoms with E-state index in [9.17, 15) is 4.79 Å². The summed E-state index contributed by atoms with van der Waals surface area (Å²) in [6.07, 6.45) is 5.06. The highest BCUT2D eigenvalue weighted by Crippen LogP contribution is 2.28. The normalized spacial score (nSPS) is 16.4. The zero-order chi connectivity index (χ0) is 19.9. The lowest BCUT2D eigenvalue weighted by molar-refractivity contribution is -0.123. The number of rotatable bonds is 7. The van der Waals surface area contributed by atoms with E-state index >= 15 is 0 Å². The molecule has 1 aliphatic rings. The minimum absolute atomic E-state index is 0.0116. The summed E-state index contributed by atoms with van der Waals surface area (Å²) in [5, 5.41) is 5.93. The van der Waals surface area contributed by atoms with Crippen LogP contribution in [0.1, 0.15) is 47.7 Å². The fourth-order valence-corrected chi connectivity index (χ4v) is 4.67. The molecule has 1 saturated heterocycles. The molecule has 1 aromatic carbocycles. The summed E-state index contributed by atoms with van der Waals surface area (Å²) in [5.74, 6) is 0.582. The van der Waals surface area contributed by atoms with Gasteiger partial charge < -0.3 is 10.1 Å². The smallest absolute Gasteiger partial charge is 0.258 e. The van der Waals surface area contributed by atoms with E-state index in [-0.39, 0.29) is 18.6 Å². The summed E-state index contributed by atoms with van der Waals surface area (Å²) in [7, 11) is 0. The third kappa shape index (κ3) is 5.72. The van der Waals surface area contributed by atoms with E-state index in [1.165, 1.54) is 30.6 Å². The first kappa shape index (κ1) is 21.2. The Bertz CT molecular complexity index is 748. The number of nitrogens with one attached hydrogen (secondary N) is 1. The first-order chi connectivity index (χ1) is 13.5. The Morgan fingerprint density at radius 3 is 2.50 bits per heavy atom. The van der Waals surface area contributed by atoms with Crippen molar-refractivity contribution in [3.63, 3.8) is 0 Å². The van der Waals surface area contributed by atoms with Gasteiger partial charge in [0.15, 0.2) is 6.61 Å². The van der Waals surface area contributed by atoms with Crippen LogP contribution in [-0.4, -0.2) is 37.0 Å². The lowest BCUT2D eigenvalue weighted by Gasteiger charge is -2.30. The van der Waals surface area contributed by atoms with Crippen molar-refractivity contribution in [1.82, 2.24) is 10.2 Å². The number of likely N-dealkylation sites (tertiary alicyclic amines) is 1. The van der Waals surface area contributed by atoms with Gasteiger partial charge in [-0.25, -0.2) is 0 Å². The van der Waals surface area contributed by atoms with Gasteiger partial charge in [-0.1, -0.05) is 30.5 Å². The fourth-order valence-electron chi connectivity index (χ4n) is 3.70. The van der Waals surface area contributed by atoms with E-state index in [2.05, 4.69) is 27.7 Å². The summed E-state index contributed by atoms with van der Waals surface area (Å²) in [6, 6.07) is 8.23. The van der Waals surface area contributed by atoms with Crippen molar-refractivity contribution in [3.05, 3.63) is 50.7 Å². The van der Waals surface area contributed by atoms with Crippen molar-refractivity contribution in [2.75, 3.05) is 26.2 Å². The molecule has 6 heteroatoms. The van der Waals surface area contributed by atoms with Gasteiger partial charge >= 0.3 is 0 Å². The van der Waals surface area contributed by atoms with Crippen LogP contribution in [0.3, 0.4) is 0 Å². The molecule has 0 radical (unpaired) electrons. The Morgan fingerprint density at radius 1 is 1.21 bits per heavy atom. The minimum Gasteiger partial charge on any atom is -0.484 e. The van der Waals surface area contributed by atoms with Gasteiger partial charge in [-0.3, -0.25) is 9.69 Å². The highest BCUT2D eigenvalue weighted by molar-refractivity contribution is 7.10. The molecular weight excluding hydrogens is 392 g/mol. The molecule has 1 N–H and O–H groups in total. The van der Waals surface area contributed by atoms with Crippen LogP contribution in [0.15, 0.2) is 29.6 Å². The van der Waals surface area contributed by atoms with E-state index in [1.54, 1.807) is 11.3 Å². The van der Waals surface area contributed by atoms with Crippen LogP contribution in [0.4, 0.5) is 0 Å². The molecule has 1 fully saturated rings. The molecule has 1 amide bonds. The maximum absolute atomic E-state index is 12.4. The van der Waals surface area contributed by atoms with Crippen LogP contribution in [0.2, 0.25) is 5.02 Å². The van der Waals surface area contributed by atoms with Crippen LogP contribution in [0.25, 0.3) is 0 Å². The number of benzene rings is 1. The van der Waals surface area contributed by atoms with Gasteiger partial charge in [0, 0.05) is 16.4 Å². The Hall–Kier alpha value is -1.56. The lowest BCUT2D eigenvalue weighted by atomic mass is 10.1. The molecule has 0 unspecified atom stereocenters. The molecule has 3 rings (SSSR count). The summed E-state index contributed by atoms with van der Waals surface area (Å²) >= 11 is 7.95. The molecule has 1 atom stereocenters. The second-order valence-electron chi connectivity index (χ2n) is 7.45. The summed E-state index contributed by atoms with van der Waals surface area (Å²) in [4.78, 5) is 16.2. The van der Waals surface area contributed by atoms with Crippen molar-refractivity contribution < 1.29 is 9.53 Å². The average molecular weight is 421 g/mol. The number of thiophene rings is 1. The Morgan fingerprint density at radius 2 is 1.89 bits per heavy atom. The highest BCUT2D eigenvalue weighted by Gasteiger charge is 2.23. The van der Waals surface area contributed by atoms with E-state index in [0.29, 0.717) is 12.3 Å². The van der Waals surface area contributed by atoms with Gasteiger partial charge in [0.25, 0.3) is 5.91 Å². The van der Waals surface area contributed by atoms with Gasteiger partial charge in [0.05, 0.1) is 6.04 Å². The minimum atomic E-state index is -0.0957. The van der Waals surface area contributed by atoms with Crippen molar-refractivity contribution in [2.45, 2.75) is 45.6 Å². The molecule has 0 spiro atoms. The number of carbonyl (C=O) groups excluding carboxylic acids is 1. The first-order valence-electron chi connectivity index (χ1n) is 9.98. The Kier molecular flexibility index (Phi) is 7.77. The summed E-state index contributed by atoms with van der Waals surface area (Å²) < 4.78 is 5.69. The monoisotopic (exact) mass is 420 g/mol. The molecule has 2 aromatic rings.